The maximum atomic E-state index is 10.7. The van der Waals surface area contributed by atoms with Gasteiger partial charge in [-0.2, -0.15) is 5.10 Å². The van der Waals surface area contributed by atoms with Gasteiger partial charge in [0.1, 0.15) is 5.69 Å². The van der Waals surface area contributed by atoms with Crippen molar-refractivity contribution in [3.8, 4) is 0 Å². The van der Waals surface area contributed by atoms with E-state index in [2.05, 4.69) is 21.0 Å². The molecule has 6 nitrogen and oxygen atoms in total. The molecule has 1 heterocycles. The zero-order valence-electron chi connectivity index (χ0n) is 7.90. The molecule has 1 aromatic heterocycles. The van der Waals surface area contributed by atoms with Crippen molar-refractivity contribution in [3.63, 3.8) is 0 Å². The van der Waals surface area contributed by atoms with Crippen LogP contribution in [0.5, 0.6) is 0 Å². The van der Waals surface area contributed by atoms with Gasteiger partial charge in [0.2, 0.25) is 4.60 Å². The normalized spacial score (nSPS) is 12.9. The van der Waals surface area contributed by atoms with E-state index in [1.807, 2.05) is 6.92 Å². The van der Waals surface area contributed by atoms with E-state index in [0.29, 0.717) is 12.2 Å². The fraction of sp³-hybridized carbons (Fsp3) is 0.571. The summed E-state index contributed by atoms with van der Waals surface area (Å²) in [5, 5.41) is 14.7. The van der Waals surface area contributed by atoms with Gasteiger partial charge in [-0.05, 0) is 29.8 Å². The van der Waals surface area contributed by atoms with E-state index in [0.717, 1.165) is 0 Å². The van der Waals surface area contributed by atoms with Crippen LogP contribution in [0.2, 0.25) is 0 Å². The van der Waals surface area contributed by atoms with Gasteiger partial charge >= 0.3 is 5.69 Å². The van der Waals surface area contributed by atoms with Crippen LogP contribution in [-0.2, 0) is 6.54 Å². The van der Waals surface area contributed by atoms with Gasteiger partial charge in [-0.25, -0.2) is 0 Å². The summed E-state index contributed by atoms with van der Waals surface area (Å²) in [4.78, 5) is 10.3. The summed E-state index contributed by atoms with van der Waals surface area (Å²) >= 11 is 3.05. The van der Waals surface area contributed by atoms with Crippen molar-refractivity contribution in [2.75, 3.05) is 0 Å². The fourth-order valence-corrected chi connectivity index (χ4v) is 1.84. The van der Waals surface area contributed by atoms with Gasteiger partial charge < -0.3 is 5.73 Å². The molecule has 0 aliphatic rings. The molecule has 14 heavy (non-hydrogen) atoms. The first kappa shape index (κ1) is 11.1. The summed E-state index contributed by atoms with van der Waals surface area (Å²) in [6.45, 7) is 4.11. The van der Waals surface area contributed by atoms with Gasteiger partial charge in [0.05, 0.1) is 11.0 Å². The van der Waals surface area contributed by atoms with E-state index in [1.54, 1.807) is 6.92 Å². The van der Waals surface area contributed by atoms with Crippen molar-refractivity contribution in [3.05, 3.63) is 20.4 Å². The van der Waals surface area contributed by atoms with Gasteiger partial charge in [0.25, 0.3) is 0 Å². The van der Waals surface area contributed by atoms with Crippen LogP contribution in [0.25, 0.3) is 0 Å². The standard InChI is InChI=1S/C7H11BrN4O2/c1-3-11-5(4(2)9)6(12(13)14)7(8)10-11/h4H,3,9H2,1-2H3. The van der Waals surface area contributed by atoms with Crippen molar-refractivity contribution in [2.45, 2.75) is 26.4 Å². The summed E-state index contributed by atoms with van der Waals surface area (Å²) < 4.78 is 1.77. The number of aryl methyl sites for hydroxylation is 1. The Hall–Kier alpha value is -0.950. The van der Waals surface area contributed by atoms with E-state index in [4.69, 9.17) is 5.73 Å². The molecule has 0 aliphatic carbocycles. The Morgan fingerprint density at radius 2 is 2.36 bits per heavy atom. The Kier molecular flexibility index (Phi) is 3.22. The third-order valence-corrected chi connectivity index (χ3v) is 2.37. The van der Waals surface area contributed by atoms with Gasteiger partial charge in [-0.15, -0.1) is 0 Å². The number of nitrogens with zero attached hydrogens (tertiary/aromatic N) is 3. The molecular weight excluding hydrogens is 252 g/mol. The average Bonchev–Trinajstić information content (AvgIpc) is 2.41. The van der Waals surface area contributed by atoms with Gasteiger partial charge in [0.15, 0.2) is 0 Å². The number of hydrogen-bond acceptors (Lipinski definition) is 4. The summed E-state index contributed by atoms with van der Waals surface area (Å²) in [6.07, 6.45) is 0. The SMILES string of the molecule is CCn1nc(Br)c([N+](=O)[O-])c1C(C)N. The van der Waals surface area contributed by atoms with Crippen LogP contribution in [0.15, 0.2) is 4.60 Å². The van der Waals surface area contributed by atoms with Crippen LogP contribution in [0.3, 0.4) is 0 Å². The van der Waals surface area contributed by atoms with Crippen LogP contribution in [0, 0.1) is 10.1 Å². The second-order valence-corrected chi connectivity index (χ2v) is 3.64. The average molecular weight is 263 g/mol. The molecular formula is C7H11BrN4O2. The predicted molar refractivity (Wildman–Crippen MR) is 54.9 cm³/mol. The number of nitro groups is 1. The number of nitrogens with two attached hydrogens (primary N) is 1. The van der Waals surface area contributed by atoms with Crippen LogP contribution >= 0.6 is 15.9 Å². The van der Waals surface area contributed by atoms with E-state index < -0.39 is 11.0 Å². The predicted octanol–water partition coefficient (Wildman–Crippen LogP) is 1.59. The summed E-state index contributed by atoms with van der Waals surface area (Å²) in [6, 6.07) is -0.408. The lowest BCUT2D eigenvalue weighted by Gasteiger charge is -2.06. The molecule has 0 bridgehead atoms. The molecule has 0 saturated carbocycles. The minimum atomic E-state index is -0.470. The van der Waals surface area contributed by atoms with Crippen molar-refractivity contribution in [2.24, 2.45) is 5.73 Å². The Labute approximate surface area is 89.4 Å². The van der Waals surface area contributed by atoms with Gasteiger partial charge in [-0.1, -0.05) is 0 Å². The number of rotatable bonds is 3. The molecule has 2 N–H and O–H groups in total. The highest BCUT2D eigenvalue weighted by Crippen LogP contribution is 2.31. The van der Waals surface area contributed by atoms with Crippen molar-refractivity contribution < 1.29 is 4.92 Å². The molecule has 1 aromatic rings. The first-order valence-electron chi connectivity index (χ1n) is 4.15. The minimum Gasteiger partial charge on any atom is -0.323 e. The maximum absolute atomic E-state index is 10.7. The van der Waals surface area contributed by atoms with Gasteiger partial charge in [0, 0.05) is 6.54 Å². The summed E-state index contributed by atoms with van der Waals surface area (Å²) in [5.74, 6) is 0. The molecule has 1 unspecified atom stereocenters. The molecule has 0 fully saturated rings. The van der Waals surface area contributed by atoms with Crippen molar-refractivity contribution >= 4 is 21.6 Å². The lowest BCUT2D eigenvalue weighted by Crippen LogP contribution is -2.14. The van der Waals surface area contributed by atoms with Gasteiger partial charge in [-0.3, -0.25) is 14.8 Å². The summed E-state index contributed by atoms with van der Waals surface area (Å²) in [5.41, 5.74) is 6.06. The first-order valence-corrected chi connectivity index (χ1v) is 4.94. The molecule has 0 radical (unpaired) electrons. The summed E-state index contributed by atoms with van der Waals surface area (Å²) in [7, 11) is 0. The van der Waals surface area contributed by atoms with Crippen molar-refractivity contribution in [1.82, 2.24) is 9.78 Å². The van der Waals surface area contributed by atoms with Crippen molar-refractivity contribution in [1.29, 1.82) is 0 Å². The Balaban J connectivity index is 3.38. The fourth-order valence-electron chi connectivity index (χ4n) is 1.30. The van der Waals surface area contributed by atoms with E-state index in [-0.39, 0.29) is 10.3 Å². The topological polar surface area (TPSA) is 87.0 Å². The van der Waals surface area contributed by atoms with Crippen LogP contribution in [0.1, 0.15) is 25.6 Å². The zero-order valence-corrected chi connectivity index (χ0v) is 9.48. The molecule has 7 heteroatoms. The maximum Gasteiger partial charge on any atom is 0.326 e. The van der Waals surface area contributed by atoms with Crippen LogP contribution < -0.4 is 5.73 Å². The number of halogens is 1. The smallest absolute Gasteiger partial charge is 0.323 e. The minimum absolute atomic E-state index is 0.0400. The highest BCUT2D eigenvalue weighted by Gasteiger charge is 2.27. The molecule has 78 valence electrons. The highest BCUT2D eigenvalue weighted by molar-refractivity contribution is 9.10. The van der Waals surface area contributed by atoms with E-state index >= 15 is 0 Å². The third-order valence-electron chi connectivity index (χ3n) is 1.84. The third kappa shape index (κ3) is 1.78. The second kappa shape index (κ2) is 4.05. The quantitative estimate of drug-likeness (QED) is 0.662. The molecule has 1 rings (SSSR count). The lowest BCUT2D eigenvalue weighted by atomic mass is 10.2. The van der Waals surface area contributed by atoms with E-state index in [9.17, 15) is 10.1 Å². The monoisotopic (exact) mass is 262 g/mol. The zero-order chi connectivity index (χ0) is 10.9. The number of hydrogen-bond donors (Lipinski definition) is 1. The Morgan fingerprint density at radius 3 is 2.71 bits per heavy atom. The number of aromatic nitrogens is 2. The van der Waals surface area contributed by atoms with Crippen LogP contribution in [-0.4, -0.2) is 14.7 Å². The van der Waals surface area contributed by atoms with Crippen LogP contribution in [0.4, 0.5) is 5.69 Å². The molecule has 0 aromatic carbocycles. The Morgan fingerprint density at radius 1 is 1.79 bits per heavy atom. The molecule has 0 aliphatic heterocycles. The molecule has 0 saturated heterocycles. The Bertz CT molecular complexity index is 361. The largest absolute Gasteiger partial charge is 0.326 e. The first-order chi connectivity index (χ1) is 6.49. The van der Waals surface area contributed by atoms with E-state index in [1.165, 1.54) is 4.68 Å². The molecule has 1 atom stereocenters. The molecule has 0 spiro atoms. The highest BCUT2D eigenvalue weighted by atomic mass is 79.9. The molecule has 0 amide bonds. The lowest BCUT2D eigenvalue weighted by molar-refractivity contribution is -0.386. The second-order valence-electron chi connectivity index (χ2n) is 2.89.